The molecule has 1 N–H and O–H groups in total. The molecule has 2 aromatic rings. The molecule has 2 heterocycles. The van der Waals surface area contributed by atoms with Gasteiger partial charge in [-0.3, -0.25) is 4.79 Å². The molecule has 0 aliphatic carbocycles. The monoisotopic (exact) mass is 454 g/mol. The second-order valence-electron chi connectivity index (χ2n) is 7.54. The zero-order chi connectivity index (χ0) is 21.2. The molecule has 1 unspecified atom stereocenters. The number of carbonyl (C=O) groups excluding carboxylic acids is 1. The molecule has 0 spiro atoms. The Hall–Kier alpha value is -1.41. The average Bonchev–Trinajstić information content (AvgIpc) is 3.16. The maximum Gasteiger partial charge on any atom is 0.252 e. The number of piperidine rings is 1. The first-order valence-corrected chi connectivity index (χ1v) is 12.5. The lowest BCUT2D eigenvalue weighted by Gasteiger charge is -2.33. The molecular weight excluding hydrogens is 428 g/mol. The van der Waals surface area contributed by atoms with Gasteiger partial charge in [-0.1, -0.05) is 43.6 Å². The molecule has 1 saturated heterocycles. The number of benzene rings is 1. The molecule has 8 heteroatoms. The number of hydrogen-bond acceptors (Lipinski definition) is 4. The maximum atomic E-state index is 12.9. The van der Waals surface area contributed by atoms with Crippen molar-refractivity contribution in [2.75, 3.05) is 18.4 Å². The number of hydrogen-bond donors (Lipinski definition) is 1. The van der Waals surface area contributed by atoms with Gasteiger partial charge in [0, 0.05) is 24.7 Å². The Morgan fingerprint density at radius 1 is 1.28 bits per heavy atom. The SMILES string of the molecule is CCc1cccc(C)c1NC(=O)C(C)C1CCN(S(=O)(=O)c2ccc(Cl)s2)CC1. The normalized spacial score (nSPS) is 17.2. The first-order chi connectivity index (χ1) is 13.7. The van der Waals surface area contributed by atoms with E-state index in [4.69, 9.17) is 11.6 Å². The van der Waals surface area contributed by atoms with E-state index < -0.39 is 10.0 Å². The number of carbonyl (C=O) groups is 1. The second-order valence-corrected chi connectivity index (χ2v) is 11.4. The highest BCUT2D eigenvalue weighted by Gasteiger charge is 2.34. The van der Waals surface area contributed by atoms with Gasteiger partial charge in [-0.15, -0.1) is 11.3 Å². The van der Waals surface area contributed by atoms with Crippen molar-refractivity contribution < 1.29 is 13.2 Å². The zero-order valence-electron chi connectivity index (χ0n) is 16.9. The van der Waals surface area contributed by atoms with Crippen LogP contribution >= 0.6 is 22.9 Å². The van der Waals surface area contributed by atoms with Crippen LogP contribution in [0.2, 0.25) is 4.34 Å². The third kappa shape index (κ3) is 4.85. The topological polar surface area (TPSA) is 66.5 Å². The molecule has 1 aromatic carbocycles. The molecule has 3 rings (SSSR count). The molecular formula is C21H27ClN2O3S2. The van der Waals surface area contributed by atoms with Crippen LogP contribution in [0.25, 0.3) is 0 Å². The largest absolute Gasteiger partial charge is 0.325 e. The van der Waals surface area contributed by atoms with Gasteiger partial charge in [-0.25, -0.2) is 8.42 Å². The number of anilines is 1. The molecule has 0 radical (unpaired) electrons. The maximum absolute atomic E-state index is 12.9. The van der Waals surface area contributed by atoms with Crippen molar-refractivity contribution in [3.63, 3.8) is 0 Å². The van der Waals surface area contributed by atoms with Gasteiger partial charge in [0.25, 0.3) is 10.0 Å². The van der Waals surface area contributed by atoms with Gasteiger partial charge >= 0.3 is 0 Å². The Bertz CT molecular complexity index is 980. The minimum absolute atomic E-state index is 0.000320. The van der Waals surface area contributed by atoms with Crippen molar-refractivity contribution >= 4 is 44.6 Å². The molecule has 0 bridgehead atoms. The van der Waals surface area contributed by atoms with E-state index in [1.54, 1.807) is 12.1 Å². The highest BCUT2D eigenvalue weighted by molar-refractivity contribution is 7.91. The predicted octanol–water partition coefficient (Wildman–Crippen LogP) is 4.95. The van der Waals surface area contributed by atoms with Crippen molar-refractivity contribution in [1.82, 2.24) is 4.31 Å². The van der Waals surface area contributed by atoms with Crippen molar-refractivity contribution in [2.45, 2.75) is 44.2 Å². The number of halogens is 1. The van der Waals surface area contributed by atoms with E-state index in [0.29, 0.717) is 30.3 Å². The van der Waals surface area contributed by atoms with Gasteiger partial charge in [0.2, 0.25) is 5.91 Å². The zero-order valence-corrected chi connectivity index (χ0v) is 19.3. The summed E-state index contributed by atoms with van der Waals surface area (Å²) in [6.07, 6.45) is 2.19. The lowest BCUT2D eigenvalue weighted by molar-refractivity contribution is -0.121. The van der Waals surface area contributed by atoms with Crippen LogP contribution < -0.4 is 5.32 Å². The Morgan fingerprint density at radius 3 is 2.55 bits per heavy atom. The fourth-order valence-electron chi connectivity index (χ4n) is 3.83. The van der Waals surface area contributed by atoms with Crippen LogP contribution in [0.1, 0.15) is 37.8 Å². The van der Waals surface area contributed by atoms with Crippen molar-refractivity contribution in [3.8, 4) is 0 Å². The molecule has 158 valence electrons. The van der Waals surface area contributed by atoms with E-state index in [0.717, 1.165) is 34.6 Å². The van der Waals surface area contributed by atoms with Gasteiger partial charge in [-0.2, -0.15) is 4.31 Å². The van der Waals surface area contributed by atoms with E-state index in [-0.39, 0.29) is 22.0 Å². The summed E-state index contributed by atoms with van der Waals surface area (Å²) in [5.41, 5.74) is 3.09. The quantitative estimate of drug-likeness (QED) is 0.671. The van der Waals surface area contributed by atoms with Crippen LogP contribution in [0.5, 0.6) is 0 Å². The summed E-state index contributed by atoms with van der Waals surface area (Å²) in [5.74, 6) is -0.0248. The van der Waals surface area contributed by atoms with Crippen molar-refractivity contribution in [2.24, 2.45) is 11.8 Å². The summed E-state index contributed by atoms with van der Waals surface area (Å²) < 4.78 is 27.8. The standard InChI is InChI=1S/C21H27ClN2O3S2/c1-4-16-7-5-6-14(2)20(16)23-21(25)15(3)17-10-12-24(13-11-17)29(26,27)19-9-8-18(22)28-19/h5-9,15,17H,4,10-13H2,1-3H3,(H,23,25). The van der Waals surface area contributed by atoms with Gasteiger partial charge < -0.3 is 5.32 Å². The van der Waals surface area contributed by atoms with Crippen molar-refractivity contribution in [1.29, 1.82) is 0 Å². The van der Waals surface area contributed by atoms with Gasteiger partial charge in [0.15, 0.2) is 0 Å². The van der Waals surface area contributed by atoms with Crippen LogP contribution in [0.3, 0.4) is 0 Å². The number of amides is 1. The summed E-state index contributed by atoms with van der Waals surface area (Å²) >= 11 is 6.97. The number of rotatable bonds is 6. The number of aryl methyl sites for hydroxylation is 2. The molecule has 5 nitrogen and oxygen atoms in total. The molecule has 1 atom stereocenters. The van der Waals surface area contributed by atoms with Crippen LogP contribution in [-0.2, 0) is 21.2 Å². The van der Waals surface area contributed by atoms with E-state index in [2.05, 4.69) is 12.2 Å². The van der Waals surface area contributed by atoms with Crippen LogP contribution in [-0.4, -0.2) is 31.7 Å². The van der Waals surface area contributed by atoms with Gasteiger partial charge in [0.1, 0.15) is 4.21 Å². The third-order valence-corrected chi connectivity index (χ3v) is 9.35. The Morgan fingerprint density at radius 2 is 1.97 bits per heavy atom. The fraction of sp³-hybridized carbons (Fsp3) is 0.476. The minimum Gasteiger partial charge on any atom is -0.325 e. The molecule has 29 heavy (non-hydrogen) atoms. The predicted molar refractivity (Wildman–Crippen MR) is 119 cm³/mol. The second kappa shape index (κ2) is 9.16. The lowest BCUT2D eigenvalue weighted by Crippen LogP contribution is -2.41. The van der Waals surface area contributed by atoms with E-state index >= 15 is 0 Å². The Labute approximate surface area is 182 Å². The van der Waals surface area contributed by atoms with E-state index in [1.165, 1.54) is 4.31 Å². The Balaban J connectivity index is 1.63. The van der Waals surface area contributed by atoms with Crippen LogP contribution in [0.15, 0.2) is 34.5 Å². The summed E-state index contributed by atoms with van der Waals surface area (Å²) in [4.78, 5) is 12.9. The number of para-hydroxylation sites is 1. The van der Waals surface area contributed by atoms with Gasteiger partial charge in [-0.05, 0) is 55.4 Å². The molecule has 1 aliphatic rings. The highest BCUT2D eigenvalue weighted by atomic mass is 35.5. The molecule has 1 aromatic heterocycles. The number of thiophene rings is 1. The smallest absolute Gasteiger partial charge is 0.252 e. The third-order valence-electron chi connectivity index (χ3n) is 5.75. The van der Waals surface area contributed by atoms with Crippen LogP contribution in [0.4, 0.5) is 5.69 Å². The van der Waals surface area contributed by atoms with E-state index in [9.17, 15) is 13.2 Å². The average molecular weight is 455 g/mol. The number of nitrogens with zero attached hydrogens (tertiary/aromatic N) is 1. The van der Waals surface area contributed by atoms with E-state index in [1.807, 2.05) is 32.0 Å². The summed E-state index contributed by atoms with van der Waals surface area (Å²) in [7, 11) is -3.51. The fourth-order valence-corrected chi connectivity index (χ4v) is 6.94. The Kier molecular flexibility index (Phi) is 7.04. The summed E-state index contributed by atoms with van der Waals surface area (Å²) in [6.45, 7) is 6.85. The minimum atomic E-state index is -3.51. The van der Waals surface area contributed by atoms with Crippen molar-refractivity contribution in [3.05, 3.63) is 45.8 Å². The molecule has 0 saturated carbocycles. The number of nitrogens with one attached hydrogen (secondary N) is 1. The molecule has 1 amide bonds. The summed E-state index contributed by atoms with van der Waals surface area (Å²) in [5, 5.41) is 3.11. The lowest BCUT2D eigenvalue weighted by atomic mass is 9.85. The van der Waals surface area contributed by atoms with Crippen LogP contribution in [0, 0.1) is 18.8 Å². The van der Waals surface area contributed by atoms with Gasteiger partial charge in [0.05, 0.1) is 4.34 Å². The molecule has 1 fully saturated rings. The molecule has 1 aliphatic heterocycles. The first kappa shape index (κ1) is 22.3. The number of sulfonamides is 1. The first-order valence-electron chi connectivity index (χ1n) is 9.89. The highest BCUT2D eigenvalue weighted by Crippen LogP contribution is 2.33. The summed E-state index contributed by atoms with van der Waals surface area (Å²) in [6, 6.07) is 9.20.